The number of hydrogen-bond donors (Lipinski definition) is 2. The van der Waals surface area contributed by atoms with Gasteiger partial charge in [-0.1, -0.05) is 30.0 Å². The quantitative estimate of drug-likeness (QED) is 0.890. The molecule has 0 aliphatic carbocycles. The van der Waals surface area contributed by atoms with E-state index < -0.39 is 11.5 Å². The third-order valence-electron chi connectivity index (χ3n) is 2.39. The Morgan fingerprint density at radius 3 is 2.56 bits per heavy atom. The monoisotopic (exact) mass is 261 g/mol. The molecule has 1 aromatic heterocycles. The van der Waals surface area contributed by atoms with Crippen LogP contribution < -0.4 is 5.56 Å². The van der Waals surface area contributed by atoms with Crippen LogP contribution in [0, 0.1) is 6.92 Å². The zero-order valence-electron chi connectivity index (χ0n) is 9.64. The molecule has 1 aromatic carbocycles. The van der Waals surface area contributed by atoms with Crippen molar-refractivity contribution in [3.63, 3.8) is 0 Å². The number of rotatable bonds is 3. The summed E-state index contributed by atoms with van der Waals surface area (Å²) in [4.78, 5) is 26.6. The van der Waals surface area contributed by atoms with Crippen LogP contribution >= 0.6 is 11.8 Å². The topological polar surface area (TPSA) is 70.2 Å². The number of H-pyrrole nitrogens is 1. The fourth-order valence-electron chi connectivity index (χ4n) is 1.48. The van der Waals surface area contributed by atoms with Gasteiger partial charge in [0.1, 0.15) is 5.56 Å². The Kier molecular flexibility index (Phi) is 3.53. The summed E-state index contributed by atoms with van der Waals surface area (Å²) in [5.74, 6) is -1.22. The summed E-state index contributed by atoms with van der Waals surface area (Å²) in [6, 6.07) is 11.0. The van der Waals surface area contributed by atoms with Gasteiger partial charge in [0.2, 0.25) is 0 Å². The first-order valence-electron chi connectivity index (χ1n) is 5.28. The Bertz CT molecular complexity index is 634. The van der Waals surface area contributed by atoms with Crippen LogP contribution in [0.25, 0.3) is 0 Å². The van der Waals surface area contributed by atoms with Gasteiger partial charge < -0.3 is 10.1 Å². The molecule has 0 radical (unpaired) electrons. The van der Waals surface area contributed by atoms with Crippen LogP contribution in [-0.4, -0.2) is 16.1 Å². The number of aromatic amines is 1. The number of pyridine rings is 1. The summed E-state index contributed by atoms with van der Waals surface area (Å²) >= 11 is 1.42. The summed E-state index contributed by atoms with van der Waals surface area (Å²) in [6.45, 7) is 1.75. The van der Waals surface area contributed by atoms with Crippen LogP contribution in [0.15, 0.2) is 51.0 Å². The van der Waals surface area contributed by atoms with Gasteiger partial charge in [0.15, 0.2) is 0 Å². The summed E-state index contributed by atoms with van der Waals surface area (Å²) in [6.07, 6.45) is 0. The van der Waals surface area contributed by atoms with Crippen molar-refractivity contribution in [2.75, 3.05) is 0 Å². The summed E-state index contributed by atoms with van der Waals surface area (Å²) < 4.78 is 0. The minimum atomic E-state index is -1.22. The number of aryl methyl sites for hydroxylation is 1. The Labute approximate surface area is 108 Å². The van der Waals surface area contributed by atoms with E-state index >= 15 is 0 Å². The average molecular weight is 261 g/mol. The normalized spacial score (nSPS) is 10.3. The molecule has 1 heterocycles. The van der Waals surface area contributed by atoms with E-state index in [0.29, 0.717) is 5.69 Å². The molecule has 0 aliphatic heterocycles. The Balaban J connectivity index is 2.42. The SMILES string of the molecule is Cc1[nH]c(=O)c(C(=O)O)cc1Sc1ccccc1. The van der Waals surface area contributed by atoms with Crippen molar-refractivity contribution in [1.82, 2.24) is 4.98 Å². The molecule has 0 saturated heterocycles. The zero-order valence-corrected chi connectivity index (χ0v) is 10.5. The highest BCUT2D eigenvalue weighted by Gasteiger charge is 2.12. The van der Waals surface area contributed by atoms with Crippen molar-refractivity contribution in [3.05, 3.63) is 58.0 Å². The molecule has 0 bridgehead atoms. The molecule has 0 aliphatic rings. The molecule has 5 heteroatoms. The Hall–Kier alpha value is -2.01. The van der Waals surface area contributed by atoms with Gasteiger partial charge >= 0.3 is 5.97 Å². The molecule has 2 aromatic rings. The molecule has 2 rings (SSSR count). The number of aromatic nitrogens is 1. The number of carboxylic acids is 1. The van der Waals surface area contributed by atoms with Crippen molar-refractivity contribution in [1.29, 1.82) is 0 Å². The third-order valence-corrected chi connectivity index (χ3v) is 3.54. The predicted molar refractivity (Wildman–Crippen MR) is 69.3 cm³/mol. The smallest absolute Gasteiger partial charge is 0.341 e. The highest BCUT2D eigenvalue weighted by Crippen LogP contribution is 2.28. The first kappa shape index (κ1) is 12.4. The standard InChI is InChI=1S/C13H11NO3S/c1-8-11(18-9-5-3-2-4-6-9)7-10(13(16)17)12(15)14-8/h2-7H,1H3,(H,14,15)(H,16,17). The van der Waals surface area contributed by atoms with Crippen molar-refractivity contribution in [2.45, 2.75) is 16.7 Å². The zero-order chi connectivity index (χ0) is 13.1. The molecule has 0 spiro atoms. The second-order valence-electron chi connectivity index (χ2n) is 3.72. The Morgan fingerprint density at radius 1 is 1.28 bits per heavy atom. The van der Waals surface area contributed by atoms with E-state index in [1.165, 1.54) is 17.8 Å². The van der Waals surface area contributed by atoms with E-state index in [1.807, 2.05) is 30.3 Å². The first-order valence-corrected chi connectivity index (χ1v) is 6.09. The number of carbonyl (C=O) groups is 1. The largest absolute Gasteiger partial charge is 0.477 e. The number of nitrogens with one attached hydrogen (secondary N) is 1. The maximum absolute atomic E-state index is 11.4. The molecule has 0 saturated carbocycles. The lowest BCUT2D eigenvalue weighted by Crippen LogP contribution is -2.18. The van der Waals surface area contributed by atoms with Gasteiger partial charge in [-0.15, -0.1) is 0 Å². The van der Waals surface area contributed by atoms with Gasteiger partial charge in [-0.05, 0) is 25.1 Å². The molecule has 0 atom stereocenters. The van der Waals surface area contributed by atoms with E-state index in [9.17, 15) is 9.59 Å². The van der Waals surface area contributed by atoms with Crippen molar-refractivity contribution < 1.29 is 9.90 Å². The van der Waals surface area contributed by atoms with Gasteiger partial charge in [0.05, 0.1) is 0 Å². The fraction of sp³-hybridized carbons (Fsp3) is 0.0769. The minimum Gasteiger partial charge on any atom is -0.477 e. The van der Waals surface area contributed by atoms with Gasteiger partial charge in [0, 0.05) is 15.5 Å². The van der Waals surface area contributed by atoms with Gasteiger partial charge in [-0.3, -0.25) is 4.79 Å². The molecule has 0 unspecified atom stereocenters. The number of carboxylic acid groups (broad SMARTS) is 1. The van der Waals surface area contributed by atoms with E-state index in [1.54, 1.807) is 6.92 Å². The van der Waals surface area contributed by atoms with Crippen LogP contribution in [0.1, 0.15) is 16.1 Å². The molecular formula is C13H11NO3S. The molecule has 4 nitrogen and oxygen atoms in total. The number of hydrogen-bond acceptors (Lipinski definition) is 3. The minimum absolute atomic E-state index is 0.237. The lowest BCUT2D eigenvalue weighted by atomic mass is 10.2. The maximum Gasteiger partial charge on any atom is 0.341 e. The third kappa shape index (κ3) is 2.62. The van der Waals surface area contributed by atoms with Gasteiger partial charge in [-0.25, -0.2) is 4.79 Å². The predicted octanol–water partition coefficient (Wildman–Crippen LogP) is 2.53. The molecule has 0 fully saturated rings. The maximum atomic E-state index is 11.4. The molecule has 0 amide bonds. The summed E-state index contributed by atoms with van der Waals surface area (Å²) in [7, 11) is 0. The lowest BCUT2D eigenvalue weighted by molar-refractivity contribution is 0.0694. The van der Waals surface area contributed by atoms with Crippen molar-refractivity contribution in [3.8, 4) is 0 Å². The summed E-state index contributed by atoms with van der Waals surface area (Å²) in [5.41, 5.74) is -0.143. The lowest BCUT2D eigenvalue weighted by Gasteiger charge is -2.06. The van der Waals surface area contributed by atoms with Crippen LogP contribution in [0.3, 0.4) is 0 Å². The first-order chi connectivity index (χ1) is 8.58. The van der Waals surface area contributed by atoms with Crippen molar-refractivity contribution >= 4 is 17.7 Å². The van der Waals surface area contributed by atoms with E-state index in [0.717, 1.165) is 9.79 Å². The molecule has 92 valence electrons. The van der Waals surface area contributed by atoms with Gasteiger partial charge in [-0.2, -0.15) is 0 Å². The molecule has 18 heavy (non-hydrogen) atoms. The average Bonchev–Trinajstić information content (AvgIpc) is 2.33. The second kappa shape index (κ2) is 5.10. The van der Waals surface area contributed by atoms with Crippen LogP contribution in [0.4, 0.5) is 0 Å². The van der Waals surface area contributed by atoms with E-state index in [2.05, 4.69) is 4.98 Å². The summed E-state index contributed by atoms with van der Waals surface area (Å²) in [5, 5.41) is 8.92. The number of benzene rings is 1. The fourth-order valence-corrected chi connectivity index (χ4v) is 2.41. The van der Waals surface area contributed by atoms with Gasteiger partial charge in [0.25, 0.3) is 5.56 Å². The van der Waals surface area contributed by atoms with E-state index in [-0.39, 0.29) is 5.56 Å². The highest BCUT2D eigenvalue weighted by atomic mass is 32.2. The van der Waals surface area contributed by atoms with Crippen LogP contribution in [0.5, 0.6) is 0 Å². The van der Waals surface area contributed by atoms with Crippen molar-refractivity contribution in [2.24, 2.45) is 0 Å². The van der Waals surface area contributed by atoms with E-state index in [4.69, 9.17) is 5.11 Å². The highest BCUT2D eigenvalue weighted by molar-refractivity contribution is 7.99. The number of aromatic carboxylic acids is 1. The second-order valence-corrected chi connectivity index (χ2v) is 4.84. The van der Waals surface area contributed by atoms with Crippen LogP contribution in [0.2, 0.25) is 0 Å². The Morgan fingerprint density at radius 2 is 1.94 bits per heavy atom. The van der Waals surface area contributed by atoms with Crippen LogP contribution in [-0.2, 0) is 0 Å². The molecular weight excluding hydrogens is 250 g/mol. The molecule has 2 N–H and O–H groups in total.